The van der Waals surface area contributed by atoms with Crippen LogP contribution < -0.4 is 10.6 Å². The van der Waals surface area contributed by atoms with Gasteiger partial charge in [-0.3, -0.25) is 4.99 Å². The Labute approximate surface area is 169 Å². The number of aliphatic imine (C=N–C) groups is 1. The van der Waals surface area contributed by atoms with Gasteiger partial charge in [0.25, 0.3) is 0 Å². The zero-order valence-electron chi connectivity index (χ0n) is 16.2. The lowest BCUT2D eigenvalue weighted by molar-refractivity contribution is 0.292. The molecule has 1 atom stereocenters. The number of guanidine groups is 1. The monoisotopic (exact) mass is 464 g/mol. The molecule has 0 aliphatic rings. The summed E-state index contributed by atoms with van der Waals surface area (Å²) in [6, 6.07) is 5.66. The lowest BCUT2D eigenvalue weighted by Crippen LogP contribution is -2.42. The molecule has 25 heavy (non-hydrogen) atoms. The number of hydrogen-bond acceptors (Lipinski definition) is 2. The van der Waals surface area contributed by atoms with Crippen LogP contribution in [-0.4, -0.2) is 43.6 Å². The minimum absolute atomic E-state index is 0. The predicted molar refractivity (Wildman–Crippen MR) is 116 cm³/mol. The molecule has 0 amide bonds. The van der Waals surface area contributed by atoms with Crippen LogP contribution in [0.4, 0.5) is 4.39 Å². The highest BCUT2D eigenvalue weighted by molar-refractivity contribution is 14.0. The molecule has 2 N–H and O–H groups in total. The zero-order chi connectivity index (χ0) is 17.9. The molecule has 144 valence electrons. The van der Waals surface area contributed by atoms with Gasteiger partial charge in [0.05, 0.1) is 0 Å². The lowest BCUT2D eigenvalue weighted by Gasteiger charge is -2.21. The van der Waals surface area contributed by atoms with Crippen molar-refractivity contribution in [2.24, 2.45) is 4.99 Å². The van der Waals surface area contributed by atoms with Crippen LogP contribution in [-0.2, 0) is 6.54 Å². The van der Waals surface area contributed by atoms with Crippen LogP contribution in [0.5, 0.6) is 0 Å². The Morgan fingerprint density at radius 2 is 1.96 bits per heavy atom. The zero-order valence-corrected chi connectivity index (χ0v) is 18.6. The maximum Gasteiger partial charge on any atom is 0.191 e. The maximum atomic E-state index is 13.6. The minimum Gasteiger partial charge on any atom is -0.354 e. The third-order valence-electron chi connectivity index (χ3n) is 4.31. The van der Waals surface area contributed by atoms with Gasteiger partial charge in [0.15, 0.2) is 5.96 Å². The summed E-state index contributed by atoms with van der Waals surface area (Å²) in [4.78, 5) is 6.69. The van der Waals surface area contributed by atoms with E-state index < -0.39 is 0 Å². The van der Waals surface area contributed by atoms with E-state index in [2.05, 4.69) is 41.3 Å². The van der Waals surface area contributed by atoms with E-state index in [9.17, 15) is 4.39 Å². The van der Waals surface area contributed by atoms with E-state index in [0.717, 1.165) is 44.0 Å². The lowest BCUT2D eigenvalue weighted by atomic mass is 10.1. The third-order valence-corrected chi connectivity index (χ3v) is 4.31. The number of benzene rings is 1. The first-order chi connectivity index (χ1) is 11.5. The van der Waals surface area contributed by atoms with Gasteiger partial charge in [-0.15, -0.1) is 24.0 Å². The second-order valence-corrected chi connectivity index (χ2v) is 6.22. The second kappa shape index (κ2) is 13.3. The summed E-state index contributed by atoms with van der Waals surface area (Å²) in [7, 11) is 1.76. The molecule has 0 bridgehead atoms. The van der Waals surface area contributed by atoms with E-state index in [-0.39, 0.29) is 29.8 Å². The van der Waals surface area contributed by atoms with Crippen LogP contribution in [0.15, 0.2) is 23.2 Å². The fraction of sp³-hybridized carbons (Fsp3) is 0.632. The van der Waals surface area contributed by atoms with Gasteiger partial charge in [-0.2, -0.15) is 0 Å². The Bertz CT molecular complexity index is 518. The first-order valence-electron chi connectivity index (χ1n) is 8.94. The first kappa shape index (κ1) is 24.1. The number of rotatable bonds is 9. The van der Waals surface area contributed by atoms with E-state index in [4.69, 9.17) is 0 Å². The van der Waals surface area contributed by atoms with E-state index in [1.54, 1.807) is 26.1 Å². The Morgan fingerprint density at radius 3 is 2.52 bits per heavy atom. The van der Waals surface area contributed by atoms with Gasteiger partial charge in [-0.1, -0.05) is 26.0 Å². The smallest absolute Gasteiger partial charge is 0.191 e. The molecule has 6 heteroatoms. The third kappa shape index (κ3) is 9.39. The number of halogens is 2. The summed E-state index contributed by atoms with van der Waals surface area (Å²) in [6.45, 7) is 12.2. The quantitative estimate of drug-likeness (QED) is 0.331. The Kier molecular flexibility index (Phi) is 12.9. The number of nitrogens with zero attached hydrogens (tertiary/aromatic N) is 2. The molecule has 1 rings (SSSR count). The normalized spacial score (nSPS) is 12.7. The average molecular weight is 464 g/mol. The molecule has 1 aromatic carbocycles. The van der Waals surface area contributed by atoms with E-state index >= 15 is 0 Å². The highest BCUT2D eigenvalue weighted by atomic mass is 127. The molecule has 0 heterocycles. The van der Waals surface area contributed by atoms with Crippen LogP contribution in [0, 0.1) is 12.7 Å². The van der Waals surface area contributed by atoms with Crippen molar-refractivity contribution in [3.05, 3.63) is 35.1 Å². The molecule has 1 aromatic rings. The highest BCUT2D eigenvalue weighted by Crippen LogP contribution is 2.08. The molecule has 0 radical (unpaired) electrons. The largest absolute Gasteiger partial charge is 0.354 e. The Balaban J connectivity index is 0.00000576. The summed E-state index contributed by atoms with van der Waals surface area (Å²) in [5.74, 6) is 0.591. The van der Waals surface area contributed by atoms with Gasteiger partial charge in [-0.05, 0) is 63.5 Å². The predicted octanol–water partition coefficient (Wildman–Crippen LogP) is 3.93. The molecular formula is C19H34FIN4. The van der Waals surface area contributed by atoms with Gasteiger partial charge >= 0.3 is 0 Å². The summed E-state index contributed by atoms with van der Waals surface area (Å²) >= 11 is 0. The molecule has 0 saturated heterocycles. The molecule has 1 unspecified atom stereocenters. The van der Waals surface area contributed by atoms with Crippen molar-refractivity contribution in [3.8, 4) is 0 Å². The summed E-state index contributed by atoms with van der Waals surface area (Å²) in [6.07, 6.45) is 2.26. The van der Waals surface area contributed by atoms with Gasteiger partial charge < -0.3 is 15.5 Å². The second-order valence-electron chi connectivity index (χ2n) is 6.22. The topological polar surface area (TPSA) is 39.7 Å². The molecule has 0 fully saturated rings. The van der Waals surface area contributed by atoms with Crippen molar-refractivity contribution in [1.82, 2.24) is 15.5 Å². The van der Waals surface area contributed by atoms with E-state index in [0.29, 0.717) is 18.2 Å². The summed E-state index contributed by atoms with van der Waals surface area (Å²) in [5.41, 5.74) is 1.58. The van der Waals surface area contributed by atoms with Crippen LogP contribution in [0.25, 0.3) is 0 Å². The molecular weight excluding hydrogens is 430 g/mol. The molecule has 0 aliphatic carbocycles. The molecule has 0 aliphatic heterocycles. The van der Waals surface area contributed by atoms with Gasteiger partial charge in [0.2, 0.25) is 0 Å². The van der Waals surface area contributed by atoms with Gasteiger partial charge in [0, 0.05) is 19.6 Å². The van der Waals surface area contributed by atoms with Crippen LogP contribution in [0.2, 0.25) is 0 Å². The first-order valence-corrected chi connectivity index (χ1v) is 8.94. The summed E-state index contributed by atoms with van der Waals surface area (Å²) < 4.78 is 13.6. The molecule has 0 spiro atoms. The van der Waals surface area contributed by atoms with Gasteiger partial charge in [-0.25, -0.2) is 4.39 Å². The van der Waals surface area contributed by atoms with Crippen molar-refractivity contribution in [1.29, 1.82) is 0 Å². The van der Waals surface area contributed by atoms with Crippen LogP contribution in [0.1, 0.15) is 44.7 Å². The molecule has 0 aromatic heterocycles. The van der Waals surface area contributed by atoms with Crippen molar-refractivity contribution < 1.29 is 4.39 Å². The van der Waals surface area contributed by atoms with Crippen molar-refractivity contribution in [2.75, 3.05) is 26.7 Å². The summed E-state index contributed by atoms with van der Waals surface area (Å²) in [5, 5.41) is 6.65. The van der Waals surface area contributed by atoms with E-state index in [1.807, 2.05) is 6.07 Å². The number of aryl methyl sites for hydroxylation is 1. The fourth-order valence-electron chi connectivity index (χ4n) is 2.59. The van der Waals surface area contributed by atoms with Crippen LogP contribution in [0.3, 0.4) is 0 Å². The van der Waals surface area contributed by atoms with Gasteiger partial charge in [0.1, 0.15) is 5.82 Å². The SMILES string of the molecule is CCN(CC)CCCC(C)NC(=NC)NCc1ccc(C)c(F)c1.I. The maximum absolute atomic E-state index is 13.6. The standard InChI is InChI=1S/C19H33FN4.HI/c1-6-24(7-2)12-8-9-16(4)23-19(21-5)22-14-17-11-10-15(3)18(20)13-17;/h10-11,13,16H,6-9,12,14H2,1-5H3,(H2,21,22,23);1H. The Hall–Kier alpha value is -0.890. The minimum atomic E-state index is -0.165. The highest BCUT2D eigenvalue weighted by Gasteiger charge is 2.07. The van der Waals surface area contributed by atoms with Crippen molar-refractivity contribution >= 4 is 29.9 Å². The van der Waals surface area contributed by atoms with Crippen LogP contribution >= 0.6 is 24.0 Å². The molecule has 4 nitrogen and oxygen atoms in total. The Morgan fingerprint density at radius 1 is 1.28 bits per heavy atom. The van der Waals surface area contributed by atoms with E-state index in [1.165, 1.54) is 0 Å². The molecule has 0 saturated carbocycles. The number of nitrogens with one attached hydrogen (secondary N) is 2. The average Bonchev–Trinajstić information content (AvgIpc) is 2.58. The van der Waals surface area contributed by atoms with Crippen molar-refractivity contribution in [2.45, 2.75) is 53.1 Å². The fourth-order valence-corrected chi connectivity index (χ4v) is 2.59. The number of hydrogen-bond donors (Lipinski definition) is 2. The van der Waals surface area contributed by atoms with Crippen molar-refractivity contribution in [3.63, 3.8) is 0 Å².